The number of rotatable bonds is 8. The molecular weight excluding hydrogens is 280 g/mol. The zero-order chi connectivity index (χ0) is 16.0. The van der Waals surface area contributed by atoms with Crippen LogP contribution in [0.4, 0.5) is 0 Å². The zero-order valence-corrected chi connectivity index (χ0v) is 13.3. The Hall–Kier alpha value is -1.42. The van der Waals surface area contributed by atoms with Crippen LogP contribution < -0.4 is 0 Å². The van der Waals surface area contributed by atoms with Gasteiger partial charge < -0.3 is 9.84 Å². The Morgan fingerprint density at radius 3 is 2.86 bits per heavy atom. The van der Waals surface area contributed by atoms with Gasteiger partial charge in [-0.05, 0) is 50.7 Å². The highest BCUT2D eigenvalue weighted by molar-refractivity contribution is 5.96. The number of ketones is 1. The summed E-state index contributed by atoms with van der Waals surface area (Å²) in [5.74, 6) is -0.427. The lowest BCUT2D eigenvalue weighted by Gasteiger charge is -2.27. The van der Waals surface area contributed by atoms with Crippen molar-refractivity contribution in [3.05, 3.63) is 24.3 Å². The van der Waals surface area contributed by atoms with Crippen LogP contribution >= 0.6 is 0 Å². The van der Waals surface area contributed by atoms with Crippen molar-refractivity contribution in [2.45, 2.75) is 70.0 Å². The second kappa shape index (κ2) is 7.73. The van der Waals surface area contributed by atoms with E-state index in [1.54, 1.807) is 6.08 Å². The van der Waals surface area contributed by atoms with Crippen LogP contribution in [0.3, 0.4) is 0 Å². The van der Waals surface area contributed by atoms with Crippen LogP contribution in [0.15, 0.2) is 24.3 Å². The third kappa shape index (κ3) is 4.29. The highest BCUT2D eigenvalue weighted by atomic mass is 16.5. The van der Waals surface area contributed by atoms with E-state index in [0.717, 1.165) is 32.1 Å². The summed E-state index contributed by atoms with van der Waals surface area (Å²) >= 11 is 0. The van der Waals surface area contributed by atoms with Crippen LogP contribution in [-0.4, -0.2) is 28.6 Å². The highest BCUT2D eigenvalue weighted by Crippen LogP contribution is 2.35. The summed E-state index contributed by atoms with van der Waals surface area (Å²) in [6, 6.07) is 0. The molecule has 1 fully saturated rings. The van der Waals surface area contributed by atoms with Gasteiger partial charge in [-0.3, -0.25) is 9.59 Å². The van der Waals surface area contributed by atoms with Crippen LogP contribution in [0.5, 0.6) is 0 Å². The molecule has 1 heterocycles. The number of esters is 1. The minimum absolute atomic E-state index is 0.0213. The number of carbonyl (C=O) groups is 2. The lowest BCUT2D eigenvalue weighted by Crippen LogP contribution is -2.35. The third-order valence-corrected chi connectivity index (χ3v) is 4.58. The highest BCUT2D eigenvalue weighted by Gasteiger charge is 2.41. The monoisotopic (exact) mass is 306 g/mol. The van der Waals surface area contributed by atoms with Crippen LogP contribution in [0, 0.1) is 5.92 Å². The number of unbranched alkanes of at least 4 members (excludes halogenated alkanes) is 1. The topological polar surface area (TPSA) is 63.6 Å². The number of hydrogen-bond donors (Lipinski definition) is 1. The molecule has 3 unspecified atom stereocenters. The third-order valence-electron chi connectivity index (χ3n) is 4.58. The van der Waals surface area contributed by atoms with E-state index in [9.17, 15) is 14.7 Å². The van der Waals surface area contributed by atoms with E-state index in [4.69, 9.17) is 4.74 Å². The fourth-order valence-corrected chi connectivity index (χ4v) is 3.25. The van der Waals surface area contributed by atoms with E-state index < -0.39 is 5.60 Å². The number of ether oxygens (including phenoxy) is 1. The molecule has 22 heavy (non-hydrogen) atoms. The van der Waals surface area contributed by atoms with Crippen molar-refractivity contribution in [2.24, 2.45) is 5.92 Å². The molecule has 4 heteroatoms. The van der Waals surface area contributed by atoms with Gasteiger partial charge in [-0.15, -0.1) is 0 Å². The Bertz CT molecular complexity index is 466. The van der Waals surface area contributed by atoms with Crippen molar-refractivity contribution in [1.82, 2.24) is 0 Å². The Kier molecular flexibility index (Phi) is 5.95. The zero-order valence-electron chi connectivity index (χ0n) is 13.3. The molecule has 3 atom stereocenters. The largest absolute Gasteiger partial charge is 0.462 e. The molecule has 2 rings (SSSR count). The summed E-state index contributed by atoms with van der Waals surface area (Å²) in [4.78, 5) is 23.0. The number of aliphatic hydroxyl groups is 1. The maximum Gasteiger partial charge on any atom is 0.306 e. The molecule has 2 aliphatic rings. The van der Waals surface area contributed by atoms with E-state index >= 15 is 0 Å². The molecule has 1 aliphatic carbocycles. The quantitative estimate of drug-likeness (QED) is 0.425. The first-order valence-electron chi connectivity index (χ1n) is 8.35. The van der Waals surface area contributed by atoms with Gasteiger partial charge in [0.2, 0.25) is 0 Å². The number of carbonyl (C=O) groups excluding carboxylic acids is 2. The number of hydrogen-bond acceptors (Lipinski definition) is 4. The summed E-state index contributed by atoms with van der Waals surface area (Å²) < 4.78 is 5.18. The van der Waals surface area contributed by atoms with Gasteiger partial charge in [0.25, 0.3) is 0 Å². The molecule has 0 amide bonds. The minimum atomic E-state index is -1.01. The van der Waals surface area contributed by atoms with E-state index in [-0.39, 0.29) is 23.8 Å². The molecule has 1 N–H and O–H groups in total. The number of cyclic esters (lactones) is 1. The molecule has 122 valence electrons. The fraction of sp³-hybridized carbons (Fsp3) is 0.667. The van der Waals surface area contributed by atoms with Gasteiger partial charge >= 0.3 is 5.97 Å². The Morgan fingerprint density at radius 1 is 1.36 bits per heavy atom. The lowest BCUT2D eigenvalue weighted by molar-refractivity contribution is -0.141. The van der Waals surface area contributed by atoms with E-state index in [1.165, 1.54) is 6.08 Å². The molecule has 1 saturated heterocycles. The first-order valence-corrected chi connectivity index (χ1v) is 8.35. The molecule has 0 aromatic carbocycles. The second-order valence-electron chi connectivity index (χ2n) is 6.29. The minimum Gasteiger partial charge on any atom is -0.462 e. The second-order valence-corrected chi connectivity index (χ2v) is 6.29. The summed E-state index contributed by atoms with van der Waals surface area (Å²) in [6.07, 6.45) is 13.3. The van der Waals surface area contributed by atoms with Gasteiger partial charge in [0.1, 0.15) is 6.10 Å². The lowest BCUT2D eigenvalue weighted by atomic mass is 9.83. The van der Waals surface area contributed by atoms with E-state index in [2.05, 4.69) is 0 Å². The maximum absolute atomic E-state index is 11.9. The Labute approximate surface area is 132 Å². The first kappa shape index (κ1) is 16.9. The van der Waals surface area contributed by atoms with E-state index in [0.29, 0.717) is 19.3 Å². The predicted molar refractivity (Wildman–Crippen MR) is 84.2 cm³/mol. The van der Waals surface area contributed by atoms with Crippen molar-refractivity contribution in [3.8, 4) is 0 Å². The van der Waals surface area contributed by atoms with Crippen molar-refractivity contribution >= 4 is 11.8 Å². The molecule has 4 nitrogen and oxygen atoms in total. The summed E-state index contributed by atoms with van der Waals surface area (Å²) in [6.45, 7) is 2.05. The van der Waals surface area contributed by atoms with Gasteiger partial charge in [0.15, 0.2) is 5.78 Å². The molecule has 0 aromatic heterocycles. The summed E-state index contributed by atoms with van der Waals surface area (Å²) in [5, 5.41) is 10.7. The first-order chi connectivity index (χ1) is 10.5. The van der Waals surface area contributed by atoms with Crippen LogP contribution in [0.2, 0.25) is 0 Å². The van der Waals surface area contributed by atoms with Crippen molar-refractivity contribution in [2.75, 3.05) is 0 Å². The molecule has 0 saturated carbocycles. The van der Waals surface area contributed by atoms with Gasteiger partial charge in [-0.2, -0.15) is 0 Å². The molecule has 1 aliphatic heterocycles. The van der Waals surface area contributed by atoms with Crippen LogP contribution in [0.25, 0.3) is 0 Å². The van der Waals surface area contributed by atoms with Crippen molar-refractivity contribution in [1.29, 1.82) is 0 Å². The van der Waals surface area contributed by atoms with Crippen LogP contribution in [-0.2, 0) is 14.3 Å². The standard InChI is InChI=1S/C18H26O4/c1-2-3-4-8-15-16(19)11-13-18(15,21)12-6-5-7-14-9-10-17(20)22-14/h3-4,11,13-15,21H,2,5-10,12H2,1H3/b4-3-. The van der Waals surface area contributed by atoms with Gasteiger partial charge in [0, 0.05) is 6.42 Å². The summed E-state index contributed by atoms with van der Waals surface area (Å²) in [7, 11) is 0. The average Bonchev–Trinajstić information content (AvgIpc) is 3.02. The van der Waals surface area contributed by atoms with Crippen LogP contribution in [0.1, 0.15) is 58.3 Å². The van der Waals surface area contributed by atoms with E-state index in [1.807, 2.05) is 19.1 Å². The number of allylic oxidation sites excluding steroid dienone is 3. The van der Waals surface area contributed by atoms with Gasteiger partial charge in [-0.25, -0.2) is 0 Å². The average molecular weight is 306 g/mol. The van der Waals surface area contributed by atoms with Crippen molar-refractivity contribution < 1.29 is 19.4 Å². The van der Waals surface area contributed by atoms with Crippen molar-refractivity contribution in [3.63, 3.8) is 0 Å². The molecule has 0 spiro atoms. The normalized spacial score (nSPS) is 31.4. The SMILES string of the molecule is CC/C=C\CC1C(=O)C=CC1(O)CCCCC1CCC(=O)O1. The molecule has 0 aromatic rings. The fourth-order valence-electron chi connectivity index (χ4n) is 3.25. The predicted octanol–water partition coefficient (Wildman–Crippen LogP) is 3.09. The van der Waals surface area contributed by atoms with Gasteiger partial charge in [0.05, 0.1) is 11.5 Å². The Balaban J connectivity index is 1.76. The maximum atomic E-state index is 11.9. The summed E-state index contributed by atoms with van der Waals surface area (Å²) in [5.41, 5.74) is -1.01. The molecule has 0 radical (unpaired) electrons. The Morgan fingerprint density at radius 2 is 2.18 bits per heavy atom. The molecule has 0 bridgehead atoms. The smallest absolute Gasteiger partial charge is 0.306 e. The molecular formula is C18H26O4. The van der Waals surface area contributed by atoms with Gasteiger partial charge in [-0.1, -0.05) is 25.5 Å².